The molecule has 7 heteroatoms. The van der Waals surface area contributed by atoms with Crippen LogP contribution in [0.4, 0.5) is 17.3 Å². The van der Waals surface area contributed by atoms with Gasteiger partial charge in [0.15, 0.2) is 11.5 Å². The molecule has 1 aromatic carbocycles. The molecule has 3 rings (SSSR count). The highest BCUT2D eigenvalue weighted by Gasteiger charge is 2.07. The van der Waals surface area contributed by atoms with Crippen LogP contribution in [0.3, 0.4) is 0 Å². The molecule has 26 heavy (non-hydrogen) atoms. The summed E-state index contributed by atoms with van der Waals surface area (Å²) in [6.07, 6.45) is 3.54. The Hall–Kier alpha value is -3.35. The summed E-state index contributed by atoms with van der Waals surface area (Å²) in [4.78, 5) is 12.9. The zero-order chi connectivity index (χ0) is 18.4. The van der Waals surface area contributed by atoms with E-state index < -0.39 is 0 Å². The Morgan fingerprint density at radius 2 is 1.62 bits per heavy atom. The Morgan fingerprint density at radius 3 is 2.35 bits per heavy atom. The standard InChI is InChI=1S/C19H21N5O2/c1-13-22-18(21-12-14-6-8-20-9-7-14)11-19(23-13)24-15-4-5-16(25-2)17(10-15)26-3/h4-11H,12H2,1-3H3,(H2,21,22,23,24). The monoisotopic (exact) mass is 351 g/mol. The van der Waals surface area contributed by atoms with Crippen molar-refractivity contribution >= 4 is 17.3 Å². The van der Waals surface area contributed by atoms with Gasteiger partial charge in [-0.2, -0.15) is 0 Å². The lowest BCUT2D eigenvalue weighted by Crippen LogP contribution is -2.05. The number of methoxy groups -OCH3 is 2. The summed E-state index contributed by atoms with van der Waals surface area (Å²) in [6.45, 7) is 2.52. The second-order valence-electron chi connectivity index (χ2n) is 5.59. The topological polar surface area (TPSA) is 81.2 Å². The number of ether oxygens (including phenoxy) is 2. The number of pyridine rings is 1. The fourth-order valence-corrected chi connectivity index (χ4v) is 2.48. The molecule has 0 radical (unpaired) electrons. The molecule has 0 saturated carbocycles. The number of benzene rings is 1. The maximum absolute atomic E-state index is 5.33. The van der Waals surface area contributed by atoms with Crippen LogP contribution in [0.2, 0.25) is 0 Å². The van der Waals surface area contributed by atoms with Gasteiger partial charge in [0.25, 0.3) is 0 Å². The summed E-state index contributed by atoms with van der Waals surface area (Å²) >= 11 is 0. The van der Waals surface area contributed by atoms with Gasteiger partial charge >= 0.3 is 0 Å². The van der Waals surface area contributed by atoms with Gasteiger partial charge in [0.05, 0.1) is 14.2 Å². The minimum Gasteiger partial charge on any atom is -0.493 e. The third-order valence-corrected chi connectivity index (χ3v) is 3.72. The molecule has 7 nitrogen and oxygen atoms in total. The second-order valence-corrected chi connectivity index (χ2v) is 5.59. The molecule has 0 bridgehead atoms. The predicted molar refractivity (Wildman–Crippen MR) is 101 cm³/mol. The van der Waals surface area contributed by atoms with E-state index in [2.05, 4.69) is 25.6 Å². The van der Waals surface area contributed by atoms with Crippen molar-refractivity contribution in [2.75, 3.05) is 24.9 Å². The summed E-state index contributed by atoms with van der Waals surface area (Å²) in [5.41, 5.74) is 1.98. The van der Waals surface area contributed by atoms with Crippen LogP contribution in [-0.2, 0) is 6.54 Å². The minimum absolute atomic E-state index is 0.652. The van der Waals surface area contributed by atoms with Crippen molar-refractivity contribution in [3.05, 3.63) is 60.2 Å². The molecule has 0 aliphatic rings. The molecule has 0 unspecified atom stereocenters. The van der Waals surface area contributed by atoms with Gasteiger partial charge in [-0.3, -0.25) is 4.98 Å². The summed E-state index contributed by atoms with van der Waals surface area (Å²) in [5.74, 6) is 3.45. The normalized spacial score (nSPS) is 10.3. The lowest BCUT2D eigenvalue weighted by Gasteiger charge is -2.12. The average Bonchev–Trinajstić information content (AvgIpc) is 2.66. The van der Waals surface area contributed by atoms with Crippen LogP contribution in [0.25, 0.3) is 0 Å². The number of rotatable bonds is 7. The molecule has 3 aromatic rings. The Bertz CT molecular complexity index is 871. The fourth-order valence-electron chi connectivity index (χ4n) is 2.48. The van der Waals surface area contributed by atoms with Crippen molar-refractivity contribution in [2.24, 2.45) is 0 Å². The summed E-state index contributed by atoms with van der Waals surface area (Å²) in [6, 6.07) is 11.4. The van der Waals surface area contributed by atoms with Crippen LogP contribution >= 0.6 is 0 Å². The van der Waals surface area contributed by atoms with Gasteiger partial charge in [-0.05, 0) is 36.8 Å². The lowest BCUT2D eigenvalue weighted by atomic mass is 10.2. The maximum Gasteiger partial charge on any atom is 0.162 e. The van der Waals surface area contributed by atoms with E-state index in [0.29, 0.717) is 29.7 Å². The minimum atomic E-state index is 0.652. The predicted octanol–water partition coefficient (Wildman–Crippen LogP) is 3.55. The van der Waals surface area contributed by atoms with Crippen LogP contribution in [-0.4, -0.2) is 29.2 Å². The van der Waals surface area contributed by atoms with E-state index in [9.17, 15) is 0 Å². The van der Waals surface area contributed by atoms with E-state index in [4.69, 9.17) is 9.47 Å². The number of hydrogen-bond donors (Lipinski definition) is 2. The van der Waals surface area contributed by atoms with Gasteiger partial charge in [0, 0.05) is 36.8 Å². The van der Waals surface area contributed by atoms with Crippen LogP contribution < -0.4 is 20.1 Å². The maximum atomic E-state index is 5.33. The van der Waals surface area contributed by atoms with Gasteiger partial charge < -0.3 is 20.1 Å². The molecule has 2 aromatic heterocycles. The van der Waals surface area contributed by atoms with Gasteiger partial charge in [-0.25, -0.2) is 9.97 Å². The summed E-state index contributed by atoms with van der Waals surface area (Å²) in [5, 5.41) is 6.58. The quantitative estimate of drug-likeness (QED) is 0.673. The van der Waals surface area contributed by atoms with E-state index >= 15 is 0 Å². The Balaban J connectivity index is 1.75. The molecule has 0 spiro atoms. The first-order valence-electron chi connectivity index (χ1n) is 8.15. The highest BCUT2D eigenvalue weighted by atomic mass is 16.5. The van der Waals surface area contributed by atoms with E-state index in [-0.39, 0.29) is 0 Å². The Kier molecular flexibility index (Phi) is 5.48. The molecular formula is C19H21N5O2. The number of hydrogen-bond acceptors (Lipinski definition) is 7. The SMILES string of the molecule is COc1ccc(Nc2cc(NCc3ccncc3)nc(C)n2)cc1OC. The molecule has 0 aliphatic carbocycles. The third-order valence-electron chi connectivity index (χ3n) is 3.72. The smallest absolute Gasteiger partial charge is 0.162 e. The number of nitrogens with zero attached hydrogens (tertiary/aromatic N) is 3. The number of aryl methyl sites for hydroxylation is 1. The van der Waals surface area contributed by atoms with E-state index in [0.717, 1.165) is 17.1 Å². The highest BCUT2D eigenvalue weighted by molar-refractivity contribution is 5.63. The van der Waals surface area contributed by atoms with Crippen molar-refractivity contribution in [3.63, 3.8) is 0 Å². The highest BCUT2D eigenvalue weighted by Crippen LogP contribution is 2.31. The lowest BCUT2D eigenvalue weighted by molar-refractivity contribution is 0.355. The van der Waals surface area contributed by atoms with Crippen LogP contribution in [0.15, 0.2) is 48.8 Å². The first-order valence-corrected chi connectivity index (χ1v) is 8.15. The van der Waals surface area contributed by atoms with Crippen LogP contribution in [0.5, 0.6) is 11.5 Å². The molecule has 0 aliphatic heterocycles. The van der Waals surface area contributed by atoms with E-state index in [1.165, 1.54) is 0 Å². The number of anilines is 3. The first-order chi connectivity index (χ1) is 12.7. The zero-order valence-electron chi connectivity index (χ0n) is 15.0. The first kappa shape index (κ1) is 17.5. The molecule has 134 valence electrons. The molecule has 2 N–H and O–H groups in total. The number of nitrogens with one attached hydrogen (secondary N) is 2. The fraction of sp³-hybridized carbons (Fsp3) is 0.211. The van der Waals surface area contributed by atoms with Crippen LogP contribution in [0, 0.1) is 6.92 Å². The van der Waals surface area contributed by atoms with Crippen LogP contribution in [0.1, 0.15) is 11.4 Å². The number of aromatic nitrogens is 3. The van der Waals surface area contributed by atoms with Crippen molar-refractivity contribution < 1.29 is 9.47 Å². The Morgan fingerprint density at radius 1 is 0.885 bits per heavy atom. The molecule has 2 heterocycles. The molecule has 0 atom stereocenters. The second kappa shape index (κ2) is 8.15. The van der Waals surface area contributed by atoms with Crippen molar-refractivity contribution in [1.29, 1.82) is 0 Å². The summed E-state index contributed by atoms with van der Waals surface area (Å²) in [7, 11) is 3.22. The van der Waals surface area contributed by atoms with E-state index in [1.807, 2.05) is 43.3 Å². The van der Waals surface area contributed by atoms with Gasteiger partial charge in [-0.1, -0.05) is 0 Å². The van der Waals surface area contributed by atoms with Gasteiger partial charge in [0.1, 0.15) is 17.5 Å². The summed E-state index contributed by atoms with van der Waals surface area (Å²) < 4.78 is 10.6. The zero-order valence-corrected chi connectivity index (χ0v) is 15.0. The molecule has 0 amide bonds. The molecule has 0 fully saturated rings. The van der Waals surface area contributed by atoms with Crippen molar-refractivity contribution in [1.82, 2.24) is 15.0 Å². The van der Waals surface area contributed by atoms with Gasteiger partial charge in [0.2, 0.25) is 0 Å². The average molecular weight is 351 g/mol. The van der Waals surface area contributed by atoms with Crippen molar-refractivity contribution in [3.8, 4) is 11.5 Å². The molecule has 0 saturated heterocycles. The van der Waals surface area contributed by atoms with Gasteiger partial charge in [-0.15, -0.1) is 0 Å². The van der Waals surface area contributed by atoms with Crippen molar-refractivity contribution in [2.45, 2.75) is 13.5 Å². The third kappa shape index (κ3) is 4.38. The van der Waals surface area contributed by atoms with E-state index in [1.54, 1.807) is 26.6 Å². The molecular weight excluding hydrogens is 330 g/mol. The largest absolute Gasteiger partial charge is 0.493 e. The Labute approximate surface area is 152 Å².